The molecule has 1 saturated heterocycles. The lowest BCUT2D eigenvalue weighted by Crippen LogP contribution is -2.42. The number of nitrogens with one attached hydrogen (secondary N) is 2. The van der Waals surface area contributed by atoms with E-state index in [2.05, 4.69) is 32.5 Å². The smallest absolute Gasteiger partial charge is 0.191 e. The first-order chi connectivity index (χ1) is 13.8. The number of benzene rings is 1. The first-order valence-corrected chi connectivity index (χ1v) is 12.2. The van der Waals surface area contributed by atoms with Crippen LogP contribution in [0.3, 0.4) is 0 Å². The number of likely N-dealkylation sites (N-methyl/N-ethyl adjacent to an activating group) is 1. The monoisotopic (exact) mass is 427 g/mol. The maximum absolute atomic E-state index is 13.7. The third-order valence-corrected chi connectivity index (χ3v) is 5.71. The third-order valence-electron chi connectivity index (χ3n) is 4.87. The predicted octanol–water partition coefficient (Wildman–Crippen LogP) is 1.06. The topological polar surface area (TPSA) is 77.0 Å². The van der Waals surface area contributed by atoms with Gasteiger partial charge in [0.15, 0.2) is 15.8 Å². The van der Waals surface area contributed by atoms with Gasteiger partial charge in [-0.05, 0) is 56.7 Å². The van der Waals surface area contributed by atoms with Crippen molar-refractivity contribution in [1.29, 1.82) is 0 Å². The quantitative estimate of drug-likeness (QED) is 0.477. The molecule has 0 saturated carbocycles. The number of guanidine groups is 1. The lowest BCUT2D eigenvalue weighted by atomic mass is 10.1. The van der Waals surface area contributed by atoms with Gasteiger partial charge in [-0.25, -0.2) is 17.8 Å². The summed E-state index contributed by atoms with van der Waals surface area (Å²) < 4.78 is 37.0. The Hall–Kier alpha value is -1.71. The second-order valence-electron chi connectivity index (χ2n) is 7.60. The van der Waals surface area contributed by atoms with Gasteiger partial charge in [0.05, 0.1) is 12.3 Å². The molecule has 2 N–H and O–H groups in total. The van der Waals surface area contributed by atoms with Crippen LogP contribution >= 0.6 is 0 Å². The predicted molar refractivity (Wildman–Crippen MR) is 116 cm³/mol. The summed E-state index contributed by atoms with van der Waals surface area (Å²) in [6, 6.07) is 4.18. The van der Waals surface area contributed by atoms with Crippen LogP contribution in [-0.4, -0.2) is 83.3 Å². The Morgan fingerprint density at radius 1 is 1.17 bits per heavy atom. The molecule has 0 radical (unpaired) electrons. The van der Waals surface area contributed by atoms with E-state index >= 15 is 0 Å². The van der Waals surface area contributed by atoms with Crippen molar-refractivity contribution in [3.63, 3.8) is 0 Å². The summed E-state index contributed by atoms with van der Waals surface area (Å²) in [6.07, 6.45) is 2.35. The van der Waals surface area contributed by atoms with Crippen LogP contribution in [0.5, 0.6) is 0 Å². The second-order valence-corrected chi connectivity index (χ2v) is 9.74. The molecule has 0 bridgehead atoms. The van der Waals surface area contributed by atoms with Gasteiger partial charge >= 0.3 is 0 Å². The van der Waals surface area contributed by atoms with E-state index in [-0.39, 0.29) is 12.3 Å². The van der Waals surface area contributed by atoms with Crippen molar-refractivity contribution in [2.45, 2.75) is 25.6 Å². The van der Waals surface area contributed by atoms with Crippen molar-refractivity contribution < 1.29 is 12.8 Å². The third kappa shape index (κ3) is 9.10. The highest BCUT2D eigenvalue weighted by atomic mass is 32.2. The molecule has 2 rings (SSSR count). The van der Waals surface area contributed by atoms with Gasteiger partial charge in [-0.2, -0.15) is 0 Å². The molecule has 0 amide bonds. The van der Waals surface area contributed by atoms with Crippen molar-refractivity contribution in [2.75, 3.05) is 59.1 Å². The fraction of sp³-hybridized carbons (Fsp3) is 0.650. The van der Waals surface area contributed by atoms with E-state index in [4.69, 9.17) is 0 Å². The van der Waals surface area contributed by atoms with Crippen molar-refractivity contribution in [1.82, 2.24) is 20.4 Å². The summed E-state index contributed by atoms with van der Waals surface area (Å²) in [5.41, 5.74) is 1.17. The molecule has 1 aromatic carbocycles. The summed E-state index contributed by atoms with van der Waals surface area (Å²) in [7, 11) is -1.05. The van der Waals surface area contributed by atoms with Gasteiger partial charge in [0, 0.05) is 39.0 Å². The zero-order valence-electron chi connectivity index (χ0n) is 17.7. The molecule has 1 heterocycles. The van der Waals surface area contributed by atoms with Crippen LogP contribution in [0.25, 0.3) is 0 Å². The first kappa shape index (κ1) is 23.6. The molecule has 1 fully saturated rings. The molecule has 29 heavy (non-hydrogen) atoms. The summed E-state index contributed by atoms with van der Waals surface area (Å²) in [6.45, 7) is 8.97. The maximum Gasteiger partial charge on any atom is 0.191 e. The van der Waals surface area contributed by atoms with Gasteiger partial charge in [-0.3, -0.25) is 0 Å². The van der Waals surface area contributed by atoms with Gasteiger partial charge < -0.3 is 20.4 Å². The van der Waals surface area contributed by atoms with Crippen LogP contribution in [0.1, 0.15) is 24.5 Å². The summed E-state index contributed by atoms with van der Waals surface area (Å²) in [5, 5.41) is 6.52. The standard InChI is InChI=1S/C20H34FN5O2S/c1-4-22-20(23-8-11-26-10-5-9-25(2)12-13-26)24-15-18-14-19(21)7-6-17(18)16-29(3,27)28/h6-7,14H,4-5,8-13,15-16H2,1-3H3,(H2,22,23,24). The Labute approximate surface area is 174 Å². The molecule has 7 nitrogen and oxygen atoms in total. The number of halogens is 1. The van der Waals surface area contributed by atoms with E-state index < -0.39 is 15.7 Å². The van der Waals surface area contributed by atoms with E-state index in [1.807, 2.05) is 6.92 Å². The van der Waals surface area contributed by atoms with E-state index in [1.54, 1.807) is 0 Å². The molecule has 0 spiro atoms. The van der Waals surface area contributed by atoms with Crippen molar-refractivity contribution in [3.8, 4) is 0 Å². The van der Waals surface area contributed by atoms with Crippen LogP contribution in [-0.2, 0) is 22.1 Å². The Kier molecular flexibility index (Phi) is 9.32. The van der Waals surface area contributed by atoms with Crippen molar-refractivity contribution in [2.24, 2.45) is 4.99 Å². The lowest BCUT2D eigenvalue weighted by Gasteiger charge is -2.21. The van der Waals surface area contributed by atoms with Crippen LogP contribution < -0.4 is 10.6 Å². The average Bonchev–Trinajstić information content (AvgIpc) is 2.85. The summed E-state index contributed by atoms with van der Waals surface area (Å²) in [5.74, 6) is 0.136. The Bertz CT molecular complexity index is 785. The minimum absolute atomic E-state index is 0.120. The fourth-order valence-corrected chi connectivity index (χ4v) is 4.17. The summed E-state index contributed by atoms with van der Waals surface area (Å²) in [4.78, 5) is 9.33. The Balaban J connectivity index is 1.97. The number of hydrogen-bond acceptors (Lipinski definition) is 5. The van der Waals surface area contributed by atoms with E-state index in [1.165, 1.54) is 30.9 Å². The zero-order chi connectivity index (χ0) is 21.3. The molecule has 0 unspecified atom stereocenters. The number of aliphatic imine (C=N–C) groups is 1. The molecule has 0 atom stereocenters. The van der Waals surface area contributed by atoms with Crippen molar-refractivity contribution >= 4 is 15.8 Å². The highest BCUT2D eigenvalue weighted by Gasteiger charge is 2.12. The molecule has 1 aliphatic heterocycles. The van der Waals surface area contributed by atoms with Gasteiger partial charge in [0.25, 0.3) is 0 Å². The molecule has 1 aromatic rings. The molecular weight excluding hydrogens is 393 g/mol. The molecule has 164 valence electrons. The van der Waals surface area contributed by atoms with E-state index in [0.717, 1.165) is 39.3 Å². The fourth-order valence-electron chi connectivity index (χ4n) is 3.33. The minimum atomic E-state index is -3.21. The molecule has 9 heteroatoms. The van der Waals surface area contributed by atoms with Gasteiger partial charge in [0.2, 0.25) is 0 Å². The second kappa shape index (κ2) is 11.5. The van der Waals surface area contributed by atoms with Gasteiger partial charge in [-0.1, -0.05) is 6.07 Å². The molecular formula is C20H34FN5O2S. The molecule has 0 aromatic heterocycles. The minimum Gasteiger partial charge on any atom is -0.357 e. The molecule has 1 aliphatic rings. The number of nitrogens with zero attached hydrogens (tertiary/aromatic N) is 3. The van der Waals surface area contributed by atoms with Crippen LogP contribution in [0.15, 0.2) is 23.2 Å². The number of hydrogen-bond donors (Lipinski definition) is 2. The Morgan fingerprint density at radius 2 is 1.97 bits per heavy atom. The van der Waals surface area contributed by atoms with Crippen LogP contribution in [0.4, 0.5) is 4.39 Å². The number of rotatable bonds is 8. The maximum atomic E-state index is 13.7. The zero-order valence-corrected chi connectivity index (χ0v) is 18.6. The van der Waals surface area contributed by atoms with E-state index in [9.17, 15) is 12.8 Å². The van der Waals surface area contributed by atoms with Crippen LogP contribution in [0, 0.1) is 5.82 Å². The van der Waals surface area contributed by atoms with Crippen LogP contribution in [0.2, 0.25) is 0 Å². The lowest BCUT2D eigenvalue weighted by molar-refractivity contribution is 0.280. The van der Waals surface area contributed by atoms with Gasteiger partial charge in [-0.15, -0.1) is 0 Å². The SMILES string of the molecule is CCNC(=NCc1cc(F)ccc1CS(C)(=O)=O)NCCN1CCCN(C)CC1. The number of sulfone groups is 1. The first-order valence-electron chi connectivity index (χ1n) is 10.1. The van der Waals surface area contributed by atoms with Gasteiger partial charge in [0.1, 0.15) is 5.82 Å². The highest BCUT2D eigenvalue weighted by molar-refractivity contribution is 7.89. The highest BCUT2D eigenvalue weighted by Crippen LogP contribution is 2.15. The average molecular weight is 428 g/mol. The normalized spacial score (nSPS) is 17.2. The summed E-state index contributed by atoms with van der Waals surface area (Å²) >= 11 is 0. The van der Waals surface area contributed by atoms with E-state index in [0.29, 0.717) is 23.6 Å². The van der Waals surface area contributed by atoms with Crippen molar-refractivity contribution in [3.05, 3.63) is 35.1 Å². The Morgan fingerprint density at radius 3 is 2.69 bits per heavy atom. The molecule has 0 aliphatic carbocycles. The largest absolute Gasteiger partial charge is 0.357 e.